The molecule has 0 unspecified atom stereocenters. The molecule has 2 rings (SSSR count). The van der Waals surface area contributed by atoms with Crippen molar-refractivity contribution in [2.24, 2.45) is 0 Å². The summed E-state index contributed by atoms with van der Waals surface area (Å²) >= 11 is 0. The van der Waals surface area contributed by atoms with Gasteiger partial charge in [-0.25, -0.2) is 4.79 Å². The topological polar surface area (TPSA) is 50.4 Å². The molecule has 1 aromatic carbocycles. The second-order valence-electron chi connectivity index (χ2n) is 4.27. The number of hydrogen-bond donors (Lipinski definition) is 2. The quantitative estimate of drug-likeness (QED) is 0.825. The highest BCUT2D eigenvalue weighted by Crippen LogP contribution is 2.26. The van der Waals surface area contributed by atoms with Crippen molar-refractivity contribution in [1.29, 1.82) is 0 Å². The molecule has 1 saturated heterocycles. The number of anilines is 1. The van der Waals surface area contributed by atoms with Crippen LogP contribution in [0.25, 0.3) is 0 Å². The van der Waals surface area contributed by atoms with Crippen LogP contribution in [0.1, 0.15) is 24.3 Å². The van der Waals surface area contributed by atoms with E-state index in [0.29, 0.717) is 5.92 Å². The van der Waals surface area contributed by atoms with E-state index in [9.17, 15) is 4.79 Å². The lowest BCUT2D eigenvalue weighted by atomic mass is 9.90. The van der Waals surface area contributed by atoms with E-state index in [1.165, 1.54) is 12.7 Å². The summed E-state index contributed by atoms with van der Waals surface area (Å²) in [6.07, 6.45) is 1.89. The highest BCUT2D eigenvalue weighted by molar-refractivity contribution is 5.84. The summed E-state index contributed by atoms with van der Waals surface area (Å²) in [5.41, 5.74) is 2.09. The second-order valence-corrected chi connectivity index (χ2v) is 4.27. The molecule has 0 radical (unpaired) electrons. The predicted molar refractivity (Wildman–Crippen MR) is 67.3 cm³/mol. The molecule has 1 amide bonds. The number of nitrogens with one attached hydrogen (secondary N) is 2. The molecule has 0 aromatic heterocycles. The first-order valence-electron chi connectivity index (χ1n) is 5.95. The molecule has 4 heteroatoms. The van der Waals surface area contributed by atoms with E-state index in [2.05, 4.69) is 21.4 Å². The van der Waals surface area contributed by atoms with Gasteiger partial charge in [-0.1, -0.05) is 12.1 Å². The number of carbonyl (C=O) groups excluding carboxylic acids is 1. The van der Waals surface area contributed by atoms with Gasteiger partial charge >= 0.3 is 6.09 Å². The molecule has 0 bridgehead atoms. The van der Waals surface area contributed by atoms with Gasteiger partial charge < -0.3 is 10.1 Å². The molecule has 1 aliphatic heterocycles. The first-order valence-corrected chi connectivity index (χ1v) is 5.95. The zero-order chi connectivity index (χ0) is 12.1. The molecule has 1 fully saturated rings. The molecule has 92 valence electrons. The minimum atomic E-state index is -0.424. The molecular formula is C13H18N2O2. The van der Waals surface area contributed by atoms with Crippen molar-refractivity contribution in [3.8, 4) is 0 Å². The fourth-order valence-electron chi connectivity index (χ4n) is 2.19. The number of rotatable bonds is 2. The van der Waals surface area contributed by atoms with Crippen LogP contribution < -0.4 is 10.6 Å². The van der Waals surface area contributed by atoms with Crippen LogP contribution in [0.2, 0.25) is 0 Å². The third-order valence-electron chi connectivity index (χ3n) is 3.13. The standard InChI is InChI=1S/C13H18N2O2/c1-17-13(16)15-12-4-2-3-11(9-12)10-5-7-14-8-6-10/h2-4,9-10,14H,5-8H2,1H3,(H,15,16). The van der Waals surface area contributed by atoms with Crippen LogP contribution in [0.3, 0.4) is 0 Å². The summed E-state index contributed by atoms with van der Waals surface area (Å²) in [5.74, 6) is 0.593. The van der Waals surface area contributed by atoms with Gasteiger partial charge in [0.15, 0.2) is 0 Å². The fourth-order valence-corrected chi connectivity index (χ4v) is 2.19. The molecule has 0 spiro atoms. The lowest BCUT2D eigenvalue weighted by Gasteiger charge is -2.23. The Hall–Kier alpha value is -1.55. The van der Waals surface area contributed by atoms with Crippen LogP contribution in [0.15, 0.2) is 24.3 Å². The Morgan fingerprint density at radius 1 is 1.41 bits per heavy atom. The van der Waals surface area contributed by atoms with Gasteiger partial charge in [-0.2, -0.15) is 0 Å². The van der Waals surface area contributed by atoms with Crippen molar-refractivity contribution >= 4 is 11.8 Å². The number of ether oxygens (including phenoxy) is 1. The fraction of sp³-hybridized carbons (Fsp3) is 0.462. The monoisotopic (exact) mass is 234 g/mol. The Labute approximate surface area is 101 Å². The van der Waals surface area contributed by atoms with Crippen LogP contribution in [0.4, 0.5) is 10.5 Å². The highest BCUT2D eigenvalue weighted by Gasteiger charge is 2.15. The first kappa shape index (κ1) is 11.9. The van der Waals surface area contributed by atoms with Crippen molar-refractivity contribution in [3.63, 3.8) is 0 Å². The minimum Gasteiger partial charge on any atom is -0.453 e. The smallest absolute Gasteiger partial charge is 0.411 e. The lowest BCUT2D eigenvalue weighted by molar-refractivity contribution is 0.187. The van der Waals surface area contributed by atoms with Crippen molar-refractivity contribution in [3.05, 3.63) is 29.8 Å². The van der Waals surface area contributed by atoms with Crippen LogP contribution in [0.5, 0.6) is 0 Å². The van der Waals surface area contributed by atoms with E-state index < -0.39 is 6.09 Å². The summed E-state index contributed by atoms with van der Waals surface area (Å²) in [7, 11) is 1.37. The lowest BCUT2D eigenvalue weighted by Crippen LogP contribution is -2.26. The van der Waals surface area contributed by atoms with Crippen LogP contribution in [-0.2, 0) is 4.74 Å². The van der Waals surface area contributed by atoms with Crippen molar-refractivity contribution in [1.82, 2.24) is 5.32 Å². The van der Waals surface area contributed by atoms with Gasteiger partial charge in [0.1, 0.15) is 0 Å². The number of piperidine rings is 1. The summed E-state index contributed by atoms with van der Waals surface area (Å²) < 4.78 is 4.58. The SMILES string of the molecule is COC(=O)Nc1cccc(C2CCNCC2)c1. The number of benzene rings is 1. The molecule has 0 atom stereocenters. The minimum absolute atomic E-state index is 0.424. The molecule has 1 aromatic rings. The van der Waals surface area contributed by atoms with E-state index in [4.69, 9.17) is 0 Å². The Balaban J connectivity index is 2.07. The Bertz CT molecular complexity index is 387. The number of amides is 1. The van der Waals surface area contributed by atoms with Crippen LogP contribution in [0, 0.1) is 0 Å². The average molecular weight is 234 g/mol. The first-order chi connectivity index (χ1) is 8.29. The maximum atomic E-state index is 11.1. The zero-order valence-corrected chi connectivity index (χ0v) is 10.0. The third kappa shape index (κ3) is 3.20. The summed E-state index contributed by atoms with van der Waals surface area (Å²) in [6, 6.07) is 8.01. The predicted octanol–water partition coefficient (Wildman–Crippen LogP) is 2.33. The Morgan fingerprint density at radius 2 is 2.18 bits per heavy atom. The van der Waals surface area contributed by atoms with Gasteiger partial charge in [0.25, 0.3) is 0 Å². The van der Waals surface area contributed by atoms with Gasteiger partial charge in [0, 0.05) is 5.69 Å². The van der Waals surface area contributed by atoms with Crippen LogP contribution in [-0.4, -0.2) is 26.3 Å². The number of hydrogen-bond acceptors (Lipinski definition) is 3. The molecule has 0 saturated carbocycles. The molecule has 4 nitrogen and oxygen atoms in total. The zero-order valence-electron chi connectivity index (χ0n) is 10.0. The summed E-state index contributed by atoms with van der Waals surface area (Å²) in [6.45, 7) is 2.14. The van der Waals surface area contributed by atoms with Crippen molar-refractivity contribution < 1.29 is 9.53 Å². The highest BCUT2D eigenvalue weighted by atomic mass is 16.5. The third-order valence-corrected chi connectivity index (χ3v) is 3.13. The van der Waals surface area contributed by atoms with E-state index >= 15 is 0 Å². The molecular weight excluding hydrogens is 216 g/mol. The second kappa shape index (κ2) is 5.68. The van der Waals surface area contributed by atoms with E-state index in [1.807, 2.05) is 18.2 Å². The normalized spacial score (nSPS) is 16.5. The Morgan fingerprint density at radius 3 is 2.88 bits per heavy atom. The molecule has 17 heavy (non-hydrogen) atoms. The molecule has 1 aliphatic rings. The van der Waals surface area contributed by atoms with Gasteiger partial charge in [0.2, 0.25) is 0 Å². The Kier molecular flexibility index (Phi) is 3.98. The van der Waals surface area contributed by atoms with E-state index in [0.717, 1.165) is 31.6 Å². The average Bonchev–Trinajstić information content (AvgIpc) is 2.40. The van der Waals surface area contributed by atoms with Gasteiger partial charge in [0.05, 0.1) is 7.11 Å². The number of carbonyl (C=O) groups is 1. The van der Waals surface area contributed by atoms with Gasteiger partial charge in [-0.15, -0.1) is 0 Å². The maximum absolute atomic E-state index is 11.1. The van der Waals surface area contributed by atoms with Crippen molar-refractivity contribution in [2.45, 2.75) is 18.8 Å². The molecule has 2 N–H and O–H groups in total. The largest absolute Gasteiger partial charge is 0.453 e. The summed E-state index contributed by atoms with van der Waals surface area (Å²) in [4.78, 5) is 11.1. The molecule has 0 aliphatic carbocycles. The summed E-state index contributed by atoms with van der Waals surface area (Å²) in [5, 5.41) is 6.04. The van der Waals surface area contributed by atoms with E-state index in [1.54, 1.807) is 0 Å². The van der Waals surface area contributed by atoms with Crippen LogP contribution >= 0.6 is 0 Å². The number of methoxy groups -OCH3 is 1. The van der Waals surface area contributed by atoms with E-state index in [-0.39, 0.29) is 0 Å². The van der Waals surface area contributed by atoms with Gasteiger partial charge in [-0.05, 0) is 49.5 Å². The van der Waals surface area contributed by atoms with Gasteiger partial charge in [-0.3, -0.25) is 5.32 Å². The van der Waals surface area contributed by atoms with Crippen molar-refractivity contribution in [2.75, 3.05) is 25.5 Å². The molecule has 1 heterocycles. The maximum Gasteiger partial charge on any atom is 0.411 e.